The van der Waals surface area contributed by atoms with Crippen LogP contribution in [-0.4, -0.2) is 164 Å². The van der Waals surface area contributed by atoms with Crippen LogP contribution in [0.15, 0.2) is 135 Å². The fourth-order valence-electron chi connectivity index (χ4n) is 15.6. The molecule has 2 aromatic carbocycles. The van der Waals surface area contributed by atoms with Gasteiger partial charge >= 0.3 is 5.97 Å². The van der Waals surface area contributed by atoms with Gasteiger partial charge in [0, 0.05) is 132 Å². The van der Waals surface area contributed by atoms with E-state index < -0.39 is 15.8 Å². The molecule has 15 rings (SSSR count). The van der Waals surface area contributed by atoms with Gasteiger partial charge in [0.25, 0.3) is 0 Å². The van der Waals surface area contributed by atoms with Crippen molar-refractivity contribution in [2.75, 3.05) is 70.8 Å². The maximum Gasteiger partial charge on any atom is 0.335 e. The van der Waals surface area contributed by atoms with Gasteiger partial charge < -0.3 is 58.9 Å². The van der Waals surface area contributed by atoms with E-state index in [4.69, 9.17) is 28.8 Å². The molecular weight excluding hydrogens is 1760 g/mol. The van der Waals surface area contributed by atoms with E-state index in [1.54, 1.807) is 24.5 Å². The van der Waals surface area contributed by atoms with Crippen molar-refractivity contribution in [2.24, 2.45) is 104 Å². The number of benzene rings is 2. The number of H-pyrrole nitrogens is 1. The number of carbonyl (C=O) groups is 3. The van der Waals surface area contributed by atoms with Crippen LogP contribution in [0.1, 0.15) is 382 Å². The Kier molecular flexibility index (Phi) is 66.5. The van der Waals surface area contributed by atoms with E-state index in [0.717, 1.165) is 150 Å². The first-order chi connectivity index (χ1) is 65.3. The first-order valence-corrected chi connectivity index (χ1v) is 54.5. The lowest BCUT2D eigenvalue weighted by Crippen LogP contribution is -2.36. The lowest BCUT2D eigenvalue weighted by atomic mass is 9.78. The summed E-state index contributed by atoms with van der Waals surface area (Å²) in [6.45, 7) is 81.4. The van der Waals surface area contributed by atoms with Gasteiger partial charge in [-0.2, -0.15) is 5.10 Å². The number of hydrogen-bond acceptors (Lipinski definition) is 16. The lowest BCUT2D eigenvalue weighted by Gasteiger charge is -2.28. The fraction of sp³-hybridized carbons (Fsp3) is 0.704. The van der Waals surface area contributed by atoms with E-state index in [1.807, 2.05) is 123 Å². The Morgan fingerprint density at radius 2 is 1.09 bits per heavy atom. The third kappa shape index (κ3) is 58.5. The van der Waals surface area contributed by atoms with Crippen LogP contribution in [0.2, 0.25) is 0 Å². The van der Waals surface area contributed by atoms with E-state index in [9.17, 15) is 22.8 Å². The number of carbonyl (C=O) groups excluding carboxylic acids is 2. The number of nitrogens with one attached hydrogen (secondary N) is 4. The van der Waals surface area contributed by atoms with Crippen LogP contribution < -0.4 is 16.0 Å². The van der Waals surface area contributed by atoms with Crippen molar-refractivity contribution in [1.82, 2.24) is 59.8 Å². The molecular formula is C115H200N12O11S. The molecule has 0 bridgehead atoms. The number of aromatic carboxylic acids is 1. The average Bonchev–Trinajstić information content (AvgIpc) is 1.57. The topological polar surface area (TPSA) is 283 Å². The number of hydrogen-bond donors (Lipinski definition) is 5. The molecule has 5 N–H and O–H groups in total. The number of piperidine rings is 1. The number of rotatable bonds is 16. The number of aryl methyl sites for hydroxylation is 4. The van der Waals surface area contributed by atoms with Crippen molar-refractivity contribution in [3.8, 4) is 0 Å². The summed E-state index contributed by atoms with van der Waals surface area (Å²) in [7, 11) is 3.30. The number of carboxylic acids is 1. The van der Waals surface area contributed by atoms with Crippen molar-refractivity contribution in [2.45, 2.75) is 352 Å². The predicted molar refractivity (Wildman–Crippen MR) is 580 cm³/mol. The molecule has 8 fully saturated rings. The lowest BCUT2D eigenvalue weighted by molar-refractivity contribution is -0.123. The van der Waals surface area contributed by atoms with E-state index >= 15 is 0 Å². The largest absolute Gasteiger partial charge is 0.478 e. The van der Waals surface area contributed by atoms with E-state index in [2.05, 4.69) is 285 Å². The normalized spacial score (nSPS) is 20.0. The molecule has 1 saturated carbocycles. The first kappa shape index (κ1) is 129. The Bertz CT molecular complexity index is 4290. The van der Waals surface area contributed by atoms with Crippen LogP contribution in [0.25, 0.3) is 0 Å². The van der Waals surface area contributed by atoms with Crippen molar-refractivity contribution in [3.63, 3.8) is 0 Å². The van der Waals surface area contributed by atoms with E-state index in [-0.39, 0.29) is 18.1 Å². The summed E-state index contributed by atoms with van der Waals surface area (Å²) in [5, 5.41) is 21.8. The number of aromatic amines is 1. The van der Waals surface area contributed by atoms with Gasteiger partial charge in [0.1, 0.15) is 0 Å². The monoisotopic (exact) mass is 1960 g/mol. The molecule has 5 aromatic heterocycles. The van der Waals surface area contributed by atoms with Gasteiger partial charge in [-0.25, -0.2) is 28.2 Å². The Hall–Kier alpha value is -7.87. The molecule has 0 radical (unpaired) electrons. The second kappa shape index (κ2) is 71.6. The van der Waals surface area contributed by atoms with Gasteiger partial charge in [0.05, 0.1) is 87.1 Å². The minimum atomic E-state index is -2.64. The van der Waals surface area contributed by atoms with Crippen LogP contribution >= 0.6 is 0 Å². The molecule has 24 heteroatoms. The molecule has 6 atom stereocenters. The molecule has 1 aliphatic carbocycles. The first-order valence-electron chi connectivity index (χ1n) is 52.7. The van der Waals surface area contributed by atoms with Crippen LogP contribution in [0.5, 0.6) is 0 Å². The highest BCUT2D eigenvalue weighted by molar-refractivity contribution is 7.91. The molecule has 6 unspecified atom stereocenters. The highest BCUT2D eigenvalue weighted by Crippen LogP contribution is 2.33. The summed E-state index contributed by atoms with van der Waals surface area (Å²) < 4.78 is 54.0. The molecule has 8 aliphatic rings. The van der Waals surface area contributed by atoms with Gasteiger partial charge in [-0.05, 0) is 205 Å². The van der Waals surface area contributed by atoms with Crippen molar-refractivity contribution in [3.05, 3.63) is 186 Å². The highest BCUT2D eigenvalue weighted by Gasteiger charge is 2.30. The summed E-state index contributed by atoms with van der Waals surface area (Å²) in [5.74, 6) is 14.4. The number of amides is 2. The number of allylic oxidation sites excluding steroid dienone is 1. The Balaban J connectivity index is 0.000000745. The van der Waals surface area contributed by atoms with Gasteiger partial charge in [0.2, 0.25) is 11.8 Å². The Morgan fingerprint density at radius 1 is 0.496 bits per heavy atom. The van der Waals surface area contributed by atoms with Crippen molar-refractivity contribution < 1.29 is 51.6 Å². The standard InChI is InChI=1S/C10H12O2.C10H20.C10H14.C8H15NO.C8H15N.C8H11N.3C7H12N2.C7H13NO.C7H14O2S.C7H14O2.C7H14O.C6H10N2.C6H12O2/c1-7(2)8-4-3-5-9(6-8)10(11)12;2*1-8(2)10-6-4-9(3)5-7-10;1-6(2)7-3-4-8(10)9-5-7;1-6(2)8-4-5-9-7(8)3;1-7(2)8-5-3-4-6-9-8;1-6(2)7-4-9(3)5-8-7;1-6(2)7-4-8-5-9(7)3;1-6(2)7-4-8-9(3)5-7;1-5(2)6-3-4-7(9)8-6;1-6(2)7-3-4-10(8,9)5-7;1-6(2)7-5-8-3-4-9-7;1-6(2)7-3-4-8-5-7;1-5(2)6-3-7-4-8-6;1-5(2)6-7-3-4-8-6/h3-7H,1-2H3,(H,11,12);8-10H,4-7H2,1-3H3;4-8H,1-3H3;6-7H,3-5H2,1-2H3,(H,9,10);6,8-9H,3-5H2,1-2H3;3-7H,1-2H3;3*4-6H,1-3H3;5-6H,3-4H2,1-2H3,(H,8,9);6-7H,3-5H2,1-2H3;6-7H,3-5H2,1-2H3;6-7H,3-5H2,1-2H3;3-5H,1-2H3,(H,7,8);5-6H,3-4H2,1-2H3. The predicted octanol–water partition coefficient (Wildman–Crippen LogP) is 26.1. The van der Waals surface area contributed by atoms with Crippen LogP contribution in [0.4, 0.5) is 0 Å². The molecule has 7 aromatic rings. The summed E-state index contributed by atoms with van der Waals surface area (Å²) in [6.07, 6.45) is 30.2. The van der Waals surface area contributed by atoms with Crippen molar-refractivity contribution >= 4 is 27.6 Å². The zero-order chi connectivity index (χ0) is 105. The van der Waals surface area contributed by atoms with Crippen LogP contribution in [-0.2, 0) is 64.3 Å². The molecule has 2 amide bonds. The fourth-order valence-corrected chi connectivity index (χ4v) is 17.6. The maximum absolute atomic E-state index is 10.9. The second-order valence-corrected chi connectivity index (χ2v) is 45.8. The number of carboxylic acid groups (broad SMARTS) is 1. The number of aromatic nitrogens is 9. The average molecular weight is 1960 g/mol. The number of nitrogens with zero attached hydrogens (tertiary/aromatic N) is 8. The van der Waals surface area contributed by atoms with Crippen molar-refractivity contribution in [1.29, 1.82) is 0 Å². The van der Waals surface area contributed by atoms with Gasteiger partial charge in [-0.15, -0.1) is 0 Å². The second-order valence-electron chi connectivity index (χ2n) is 43.5. The van der Waals surface area contributed by atoms with E-state index in [1.165, 1.54) is 72.3 Å². The number of pyridine rings is 1. The zero-order valence-corrected chi connectivity index (χ0v) is 94.5. The minimum Gasteiger partial charge on any atom is -0.478 e. The molecule has 23 nitrogen and oxygen atoms in total. The maximum atomic E-state index is 10.9. The van der Waals surface area contributed by atoms with Gasteiger partial charge in [-0.3, -0.25) is 19.3 Å². The molecule has 792 valence electrons. The summed E-state index contributed by atoms with van der Waals surface area (Å²) in [6, 6.07) is 22.2. The molecule has 139 heavy (non-hydrogen) atoms. The summed E-state index contributed by atoms with van der Waals surface area (Å²) in [5.41, 5.74) is 11.5. The van der Waals surface area contributed by atoms with Gasteiger partial charge in [0.15, 0.2) is 16.1 Å². The van der Waals surface area contributed by atoms with E-state index in [0.29, 0.717) is 112 Å². The van der Waals surface area contributed by atoms with Crippen LogP contribution in [0, 0.1) is 89.8 Å². The summed E-state index contributed by atoms with van der Waals surface area (Å²) in [4.78, 5) is 51.2. The third-order valence-electron chi connectivity index (χ3n) is 26.2. The SMILES string of the molecule is C=C1NCCC1C(C)C.CC(C)C1CCC(=O)N1.CC(C)C1CCC(=O)NC1.CC(C)C1CCOC1.CC(C)C1CCS(=O)(=O)C1.CC(C)C1COCCO1.CC(C)C1OCCO1.CC(C)c1cccc(C(=O)O)c1.CC(C)c1ccccn1.CC(C)c1cn(C)cn1.CC(C)c1cnc[nH]1.CC(C)c1cncn1C.CC(C)c1cnn(C)c1.CC1CCC(C(C)C)CC1.Cc1ccc(C(C)C)cc1. The number of imidazole rings is 3. The Morgan fingerprint density at radius 3 is 1.39 bits per heavy atom. The van der Waals surface area contributed by atoms with Crippen LogP contribution in [0.3, 0.4) is 0 Å². The summed E-state index contributed by atoms with van der Waals surface area (Å²) >= 11 is 0. The Labute approximate surface area is 846 Å². The highest BCUT2D eigenvalue weighted by atomic mass is 32.2. The molecule has 7 aliphatic heterocycles. The van der Waals surface area contributed by atoms with Gasteiger partial charge in [-0.1, -0.05) is 282 Å². The molecule has 7 saturated heterocycles. The molecule has 0 spiro atoms. The zero-order valence-electron chi connectivity index (χ0n) is 93.7. The smallest absolute Gasteiger partial charge is 0.335 e. The molecule has 12 heterocycles. The third-order valence-corrected chi connectivity index (χ3v) is 28.0. The minimum absolute atomic E-state index is 0.0648. The quantitative estimate of drug-likeness (QED) is 0.0601. The number of sulfone groups is 1. The number of ether oxygens (including phenoxy) is 5.